The lowest BCUT2D eigenvalue weighted by Crippen LogP contribution is -2.40. The van der Waals surface area contributed by atoms with Gasteiger partial charge in [0.1, 0.15) is 0 Å². The van der Waals surface area contributed by atoms with Gasteiger partial charge in [0.15, 0.2) is 0 Å². The second kappa shape index (κ2) is 3.59. The molecule has 3 heteroatoms. The molecule has 84 valence electrons. The van der Waals surface area contributed by atoms with Crippen LogP contribution in [0.25, 0.3) is 0 Å². The van der Waals surface area contributed by atoms with Gasteiger partial charge in [-0.2, -0.15) is 0 Å². The molecule has 1 aliphatic heterocycles. The number of rotatable bonds is 1. The van der Waals surface area contributed by atoms with E-state index in [1.54, 1.807) is 0 Å². The number of hydrogen-bond acceptors (Lipinski definition) is 1. The van der Waals surface area contributed by atoms with Crippen LogP contribution in [0.1, 0.15) is 30.7 Å². The van der Waals surface area contributed by atoms with Crippen LogP contribution in [0.2, 0.25) is 0 Å². The Morgan fingerprint density at radius 1 is 1.38 bits per heavy atom. The average molecular weight is 280 g/mol. The van der Waals surface area contributed by atoms with Crippen molar-refractivity contribution in [2.24, 2.45) is 5.41 Å². The van der Waals surface area contributed by atoms with E-state index in [0.717, 1.165) is 23.9 Å². The molecule has 1 heterocycles. The predicted octanol–water partition coefficient (Wildman–Crippen LogP) is 2.83. The monoisotopic (exact) mass is 279 g/mol. The maximum Gasteiger partial charge on any atom is 0.226 e. The van der Waals surface area contributed by atoms with Crippen LogP contribution in [-0.2, 0) is 4.79 Å². The molecule has 0 bridgehead atoms. The molecule has 16 heavy (non-hydrogen) atoms. The van der Waals surface area contributed by atoms with Crippen molar-refractivity contribution in [3.8, 4) is 0 Å². The van der Waals surface area contributed by atoms with Crippen LogP contribution >= 0.6 is 15.9 Å². The minimum absolute atomic E-state index is 0.0825. The van der Waals surface area contributed by atoms with Crippen molar-refractivity contribution in [1.82, 2.24) is 5.32 Å². The molecule has 2 aliphatic rings. The van der Waals surface area contributed by atoms with Crippen LogP contribution in [-0.4, -0.2) is 12.5 Å². The third kappa shape index (κ3) is 1.34. The second-order valence-corrected chi connectivity index (χ2v) is 5.74. The van der Waals surface area contributed by atoms with E-state index in [2.05, 4.69) is 39.4 Å². The van der Waals surface area contributed by atoms with E-state index in [4.69, 9.17) is 0 Å². The Morgan fingerprint density at radius 3 is 2.81 bits per heavy atom. The molecule has 1 N–H and O–H groups in total. The molecule has 0 unspecified atom stereocenters. The summed E-state index contributed by atoms with van der Waals surface area (Å²) >= 11 is 3.50. The van der Waals surface area contributed by atoms with Crippen LogP contribution in [0.3, 0.4) is 0 Å². The normalized spacial score (nSPS) is 26.6. The SMILES string of the molecule is O=C1NC[C@H](c2cccc(Br)c2)C12CCC2. The topological polar surface area (TPSA) is 29.1 Å². The van der Waals surface area contributed by atoms with Gasteiger partial charge in [0.05, 0.1) is 5.41 Å². The highest BCUT2D eigenvalue weighted by molar-refractivity contribution is 9.10. The third-order valence-corrected chi connectivity index (χ3v) is 4.58. The summed E-state index contributed by atoms with van der Waals surface area (Å²) in [7, 11) is 0. The minimum Gasteiger partial charge on any atom is -0.355 e. The Balaban J connectivity index is 1.98. The van der Waals surface area contributed by atoms with E-state index in [0.29, 0.717) is 5.92 Å². The summed E-state index contributed by atoms with van der Waals surface area (Å²) in [5, 5.41) is 3.03. The maximum absolute atomic E-state index is 11.9. The fourth-order valence-corrected chi connectivity index (χ4v) is 3.43. The van der Waals surface area contributed by atoms with Crippen molar-refractivity contribution in [2.45, 2.75) is 25.2 Å². The predicted molar refractivity (Wildman–Crippen MR) is 66.2 cm³/mol. The molecule has 2 fully saturated rings. The number of amides is 1. The fourth-order valence-electron chi connectivity index (χ4n) is 3.02. The summed E-state index contributed by atoms with van der Waals surface area (Å²) in [6.07, 6.45) is 3.30. The molecule has 1 spiro atoms. The molecule has 3 rings (SSSR count). The van der Waals surface area contributed by atoms with Crippen LogP contribution in [0.4, 0.5) is 0 Å². The number of carbonyl (C=O) groups is 1. The highest BCUT2D eigenvalue weighted by atomic mass is 79.9. The van der Waals surface area contributed by atoms with Gasteiger partial charge in [0, 0.05) is 16.9 Å². The van der Waals surface area contributed by atoms with Crippen molar-refractivity contribution < 1.29 is 4.79 Å². The van der Waals surface area contributed by atoms with Gasteiger partial charge in [-0.05, 0) is 30.5 Å². The summed E-state index contributed by atoms with van der Waals surface area (Å²) in [5.41, 5.74) is 1.20. The van der Waals surface area contributed by atoms with Gasteiger partial charge in [0.25, 0.3) is 0 Å². The fraction of sp³-hybridized carbons (Fsp3) is 0.462. The number of halogens is 1. The lowest BCUT2D eigenvalue weighted by Gasteiger charge is -2.40. The summed E-state index contributed by atoms with van der Waals surface area (Å²) in [6, 6.07) is 8.36. The van der Waals surface area contributed by atoms with Gasteiger partial charge < -0.3 is 5.32 Å². The molecule has 0 aromatic heterocycles. The van der Waals surface area contributed by atoms with Crippen LogP contribution in [0.15, 0.2) is 28.7 Å². The Hall–Kier alpha value is -0.830. The number of benzene rings is 1. The van der Waals surface area contributed by atoms with E-state index in [-0.39, 0.29) is 11.3 Å². The molecular formula is C13H14BrNO. The third-order valence-electron chi connectivity index (χ3n) is 4.08. The summed E-state index contributed by atoms with van der Waals surface area (Å²) in [5.74, 6) is 0.634. The molecule has 2 nitrogen and oxygen atoms in total. The number of nitrogens with one attached hydrogen (secondary N) is 1. The van der Waals surface area contributed by atoms with Gasteiger partial charge in [-0.15, -0.1) is 0 Å². The molecule has 1 amide bonds. The second-order valence-electron chi connectivity index (χ2n) is 4.83. The van der Waals surface area contributed by atoms with Crippen LogP contribution in [0.5, 0.6) is 0 Å². The first-order chi connectivity index (χ1) is 7.72. The first-order valence-corrected chi connectivity index (χ1v) is 6.55. The lowest BCUT2D eigenvalue weighted by molar-refractivity contribution is -0.132. The summed E-state index contributed by atoms with van der Waals surface area (Å²) < 4.78 is 1.10. The molecule has 1 atom stereocenters. The molecule has 1 aromatic rings. The van der Waals surface area contributed by atoms with Crippen molar-refractivity contribution in [3.63, 3.8) is 0 Å². The Kier molecular flexibility index (Phi) is 2.32. The van der Waals surface area contributed by atoms with Gasteiger partial charge in [-0.1, -0.05) is 34.5 Å². The minimum atomic E-state index is -0.0825. The van der Waals surface area contributed by atoms with Crippen molar-refractivity contribution in [3.05, 3.63) is 34.3 Å². The standard InChI is InChI=1S/C13H14BrNO/c14-10-4-1-3-9(7-10)11-8-15-12(16)13(11)5-2-6-13/h1,3-4,7,11H,2,5-6,8H2,(H,15,16)/t11-/m1/s1. The first-order valence-electron chi connectivity index (χ1n) is 5.76. The van der Waals surface area contributed by atoms with Gasteiger partial charge >= 0.3 is 0 Å². The zero-order chi connectivity index (χ0) is 11.2. The Morgan fingerprint density at radius 2 is 2.19 bits per heavy atom. The van der Waals surface area contributed by atoms with Gasteiger partial charge in [0.2, 0.25) is 5.91 Å². The van der Waals surface area contributed by atoms with E-state index in [1.807, 2.05) is 6.07 Å². The van der Waals surface area contributed by atoms with Crippen molar-refractivity contribution in [2.75, 3.05) is 6.54 Å². The summed E-state index contributed by atoms with van der Waals surface area (Å²) in [6.45, 7) is 0.801. The molecular weight excluding hydrogens is 266 g/mol. The van der Waals surface area contributed by atoms with E-state index >= 15 is 0 Å². The smallest absolute Gasteiger partial charge is 0.226 e. The number of carbonyl (C=O) groups excluding carboxylic acids is 1. The van der Waals surface area contributed by atoms with Crippen LogP contribution < -0.4 is 5.32 Å². The molecule has 1 saturated heterocycles. The van der Waals surface area contributed by atoms with Crippen molar-refractivity contribution >= 4 is 21.8 Å². The van der Waals surface area contributed by atoms with E-state index in [1.165, 1.54) is 12.0 Å². The zero-order valence-corrected chi connectivity index (χ0v) is 10.6. The first kappa shape index (κ1) is 10.3. The lowest BCUT2D eigenvalue weighted by atomic mass is 9.61. The molecule has 0 radical (unpaired) electrons. The summed E-state index contributed by atoms with van der Waals surface area (Å²) in [4.78, 5) is 11.9. The molecule has 1 aliphatic carbocycles. The molecule has 1 saturated carbocycles. The number of hydrogen-bond donors (Lipinski definition) is 1. The highest BCUT2D eigenvalue weighted by Crippen LogP contribution is 2.54. The van der Waals surface area contributed by atoms with Gasteiger partial charge in [-0.25, -0.2) is 0 Å². The Labute approximate surface area is 104 Å². The largest absolute Gasteiger partial charge is 0.355 e. The zero-order valence-electron chi connectivity index (χ0n) is 9.00. The van der Waals surface area contributed by atoms with Crippen LogP contribution in [0, 0.1) is 5.41 Å². The molecule has 1 aromatic carbocycles. The van der Waals surface area contributed by atoms with E-state index in [9.17, 15) is 4.79 Å². The maximum atomic E-state index is 11.9. The van der Waals surface area contributed by atoms with Crippen molar-refractivity contribution in [1.29, 1.82) is 0 Å². The van der Waals surface area contributed by atoms with Gasteiger partial charge in [-0.3, -0.25) is 4.79 Å². The quantitative estimate of drug-likeness (QED) is 0.842. The van der Waals surface area contributed by atoms with E-state index < -0.39 is 0 Å². The Bertz CT molecular complexity index is 439. The highest BCUT2D eigenvalue weighted by Gasteiger charge is 2.54. The average Bonchev–Trinajstić information content (AvgIpc) is 2.55.